The summed E-state index contributed by atoms with van der Waals surface area (Å²) in [6.07, 6.45) is 2.41. The van der Waals surface area contributed by atoms with Gasteiger partial charge in [0.25, 0.3) is 0 Å². The third kappa shape index (κ3) is 3.52. The number of aromatic nitrogens is 3. The van der Waals surface area contributed by atoms with E-state index in [1.807, 2.05) is 47.7 Å². The number of benzene rings is 2. The van der Waals surface area contributed by atoms with Crippen molar-refractivity contribution in [3.8, 4) is 11.4 Å². The first kappa shape index (κ1) is 18.6. The molecular weight excluding hydrogens is 368 g/mol. The molecule has 1 aliphatic carbocycles. The van der Waals surface area contributed by atoms with E-state index in [1.165, 1.54) is 11.1 Å². The predicted octanol–water partition coefficient (Wildman–Crippen LogP) is 4.45. The van der Waals surface area contributed by atoms with Crippen molar-refractivity contribution in [1.82, 2.24) is 19.7 Å². The van der Waals surface area contributed by atoms with Crippen LogP contribution in [0.3, 0.4) is 0 Å². The van der Waals surface area contributed by atoms with Crippen molar-refractivity contribution >= 4 is 18.1 Å². The van der Waals surface area contributed by atoms with Gasteiger partial charge in [-0.15, -0.1) is 0 Å². The molecule has 6 heteroatoms. The zero-order chi connectivity index (χ0) is 19.7. The Morgan fingerprint density at radius 3 is 2.93 bits per heavy atom. The zero-order valence-electron chi connectivity index (χ0n) is 16.2. The second kappa shape index (κ2) is 7.72. The van der Waals surface area contributed by atoms with Gasteiger partial charge in [0.2, 0.25) is 5.91 Å². The molecule has 0 radical (unpaired) electrons. The molecule has 0 spiro atoms. The molecule has 3 aromatic rings. The average Bonchev–Trinajstić information content (AvgIpc) is 3.29. The maximum atomic E-state index is 12.9. The number of nitrogens with zero attached hydrogens (tertiary/aromatic N) is 3. The number of fused-ring (bicyclic) bond motifs is 1. The number of rotatable bonds is 5. The summed E-state index contributed by atoms with van der Waals surface area (Å²) in [7, 11) is 1.91. The van der Waals surface area contributed by atoms with Crippen molar-refractivity contribution in [2.45, 2.75) is 38.8 Å². The van der Waals surface area contributed by atoms with E-state index in [-0.39, 0.29) is 11.9 Å². The normalized spacial score (nSPS) is 15.4. The van der Waals surface area contributed by atoms with E-state index in [0.29, 0.717) is 17.7 Å². The summed E-state index contributed by atoms with van der Waals surface area (Å²) in [5.74, 6) is 0.898. The van der Waals surface area contributed by atoms with Gasteiger partial charge in [0.1, 0.15) is 0 Å². The highest BCUT2D eigenvalue weighted by molar-refractivity contribution is 7.71. The Morgan fingerprint density at radius 2 is 2.11 bits per heavy atom. The minimum Gasteiger partial charge on any atom is -0.339 e. The molecule has 1 amide bonds. The van der Waals surface area contributed by atoms with Crippen LogP contribution in [0.25, 0.3) is 11.4 Å². The molecule has 1 heterocycles. The van der Waals surface area contributed by atoms with Gasteiger partial charge in [0, 0.05) is 25.6 Å². The molecule has 5 nitrogen and oxygen atoms in total. The summed E-state index contributed by atoms with van der Waals surface area (Å²) in [6, 6.07) is 16.7. The Morgan fingerprint density at radius 1 is 1.29 bits per heavy atom. The van der Waals surface area contributed by atoms with Gasteiger partial charge < -0.3 is 4.90 Å². The third-order valence-corrected chi connectivity index (χ3v) is 5.86. The Kier molecular flexibility index (Phi) is 5.13. The lowest BCUT2D eigenvalue weighted by Gasteiger charge is -2.25. The maximum absolute atomic E-state index is 12.9. The number of amides is 1. The van der Waals surface area contributed by atoms with Crippen LogP contribution in [0.4, 0.5) is 0 Å². The van der Waals surface area contributed by atoms with Gasteiger partial charge in [-0.25, -0.2) is 0 Å². The third-order valence-electron chi connectivity index (χ3n) is 5.55. The molecule has 144 valence electrons. The summed E-state index contributed by atoms with van der Waals surface area (Å²) < 4.78 is 2.46. The van der Waals surface area contributed by atoms with Gasteiger partial charge >= 0.3 is 0 Å². The summed E-state index contributed by atoms with van der Waals surface area (Å²) in [6.45, 7) is 2.56. The molecular formula is C22H24N4OS. The van der Waals surface area contributed by atoms with Crippen LogP contribution in [-0.4, -0.2) is 32.6 Å². The fraction of sp³-hybridized carbons (Fsp3) is 0.318. The first-order valence-corrected chi connectivity index (χ1v) is 10.0. The summed E-state index contributed by atoms with van der Waals surface area (Å²) >= 11 is 5.40. The van der Waals surface area contributed by atoms with E-state index in [9.17, 15) is 4.79 Å². The number of hydrogen-bond donors (Lipinski definition) is 1. The molecule has 1 aromatic heterocycles. The topological polar surface area (TPSA) is 53.9 Å². The van der Waals surface area contributed by atoms with E-state index in [2.05, 4.69) is 34.5 Å². The number of hydrogen-bond acceptors (Lipinski definition) is 3. The van der Waals surface area contributed by atoms with Crippen LogP contribution in [0.5, 0.6) is 0 Å². The fourth-order valence-electron chi connectivity index (χ4n) is 4.02. The van der Waals surface area contributed by atoms with Crippen LogP contribution >= 0.6 is 12.2 Å². The zero-order valence-corrected chi connectivity index (χ0v) is 17.0. The highest BCUT2D eigenvalue weighted by Gasteiger charge is 2.28. The van der Waals surface area contributed by atoms with E-state index >= 15 is 0 Å². The van der Waals surface area contributed by atoms with Gasteiger partial charge in [0.05, 0.1) is 6.04 Å². The Hall–Kier alpha value is -2.73. The van der Waals surface area contributed by atoms with E-state index in [4.69, 9.17) is 12.2 Å². The minimum atomic E-state index is 0.125. The molecule has 0 aliphatic heterocycles. The predicted molar refractivity (Wildman–Crippen MR) is 112 cm³/mol. The number of aryl methyl sites for hydroxylation is 2. The van der Waals surface area contributed by atoms with Gasteiger partial charge in [-0.1, -0.05) is 48.0 Å². The molecule has 1 N–H and O–H groups in total. The molecule has 0 fully saturated rings. The van der Waals surface area contributed by atoms with E-state index in [1.54, 1.807) is 0 Å². The molecule has 0 saturated carbocycles. The number of H-pyrrole nitrogens is 1. The van der Waals surface area contributed by atoms with Crippen molar-refractivity contribution in [3.05, 3.63) is 70.0 Å². The summed E-state index contributed by atoms with van der Waals surface area (Å²) in [5, 5.41) is 7.25. The van der Waals surface area contributed by atoms with Crippen molar-refractivity contribution in [2.24, 2.45) is 0 Å². The van der Waals surface area contributed by atoms with Crippen LogP contribution in [-0.2, 0) is 17.8 Å². The van der Waals surface area contributed by atoms with E-state index < -0.39 is 0 Å². The van der Waals surface area contributed by atoms with Gasteiger partial charge in [-0.05, 0) is 49.2 Å². The monoisotopic (exact) mass is 392 g/mol. The summed E-state index contributed by atoms with van der Waals surface area (Å²) in [4.78, 5) is 14.8. The number of carbonyl (C=O) groups excluding carboxylic acids is 1. The average molecular weight is 393 g/mol. The number of nitrogens with one attached hydrogen (secondary N) is 1. The minimum absolute atomic E-state index is 0.125. The summed E-state index contributed by atoms with van der Waals surface area (Å²) in [5.41, 5.74) is 4.79. The number of aromatic amines is 1. The largest absolute Gasteiger partial charge is 0.339 e. The molecule has 0 unspecified atom stereocenters. The Bertz CT molecular complexity index is 1070. The quantitative estimate of drug-likeness (QED) is 0.653. The second-order valence-corrected chi connectivity index (χ2v) is 7.77. The smallest absolute Gasteiger partial charge is 0.224 e. The second-order valence-electron chi connectivity index (χ2n) is 7.38. The van der Waals surface area contributed by atoms with Crippen molar-refractivity contribution in [1.29, 1.82) is 0 Å². The molecule has 1 atom stereocenters. The molecule has 4 rings (SSSR count). The molecule has 1 aliphatic rings. The highest BCUT2D eigenvalue weighted by Crippen LogP contribution is 2.35. The van der Waals surface area contributed by atoms with Crippen molar-refractivity contribution in [3.63, 3.8) is 0 Å². The number of carbonyl (C=O) groups is 1. The lowest BCUT2D eigenvalue weighted by molar-refractivity contribution is -0.132. The lowest BCUT2D eigenvalue weighted by Crippen LogP contribution is -2.30. The maximum Gasteiger partial charge on any atom is 0.224 e. The van der Waals surface area contributed by atoms with Gasteiger partial charge in [-0.3, -0.25) is 14.5 Å². The SMILES string of the molecule is Cc1cccc(-c2n[nH]c(=S)n2CCC(=O)N(C)[C@H]2CCc3ccccc32)c1. The Balaban J connectivity index is 1.49. The molecule has 2 aromatic carbocycles. The van der Waals surface area contributed by atoms with Crippen LogP contribution < -0.4 is 0 Å². The van der Waals surface area contributed by atoms with Gasteiger partial charge in [-0.2, -0.15) is 5.10 Å². The first-order chi connectivity index (χ1) is 13.5. The van der Waals surface area contributed by atoms with Gasteiger partial charge in [0.15, 0.2) is 10.6 Å². The van der Waals surface area contributed by atoms with Crippen LogP contribution in [0.1, 0.15) is 35.6 Å². The molecule has 0 saturated heterocycles. The van der Waals surface area contributed by atoms with E-state index in [0.717, 1.165) is 29.8 Å². The van der Waals surface area contributed by atoms with Crippen molar-refractivity contribution in [2.75, 3.05) is 7.05 Å². The fourth-order valence-corrected chi connectivity index (χ4v) is 4.25. The molecule has 0 bridgehead atoms. The van der Waals surface area contributed by atoms with Crippen LogP contribution in [0, 0.1) is 11.7 Å². The lowest BCUT2D eigenvalue weighted by atomic mass is 10.1. The Labute approximate surface area is 170 Å². The highest BCUT2D eigenvalue weighted by atomic mass is 32.1. The first-order valence-electron chi connectivity index (χ1n) is 9.60. The van der Waals surface area contributed by atoms with Crippen molar-refractivity contribution < 1.29 is 4.79 Å². The van der Waals surface area contributed by atoms with Crippen LogP contribution in [0.2, 0.25) is 0 Å². The standard InChI is InChI=1S/C22H24N4OS/c1-15-6-5-8-17(14-15)21-23-24-22(28)26(21)13-12-20(27)25(2)19-11-10-16-7-3-4-9-18(16)19/h3-9,14,19H,10-13H2,1-2H3,(H,24,28)/t19-/m0/s1. The van der Waals surface area contributed by atoms with Crippen LogP contribution in [0.15, 0.2) is 48.5 Å². The molecule has 28 heavy (non-hydrogen) atoms.